The van der Waals surface area contributed by atoms with Crippen molar-refractivity contribution in [1.29, 1.82) is 0 Å². The van der Waals surface area contributed by atoms with Crippen molar-refractivity contribution in [3.05, 3.63) is 75.4 Å². The molecule has 0 radical (unpaired) electrons. The van der Waals surface area contributed by atoms with Crippen LogP contribution in [0.4, 0.5) is 5.69 Å². The summed E-state index contributed by atoms with van der Waals surface area (Å²) in [5.74, 6) is 0. The second-order valence-corrected chi connectivity index (χ2v) is 4.66. The van der Waals surface area contributed by atoms with E-state index in [1.54, 1.807) is 7.05 Å². The largest absolute Gasteiger partial charge is 0.311 e. The number of azide groups is 1. The zero-order valence-electron chi connectivity index (χ0n) is 11.4. The van der Waals surface area contributed by atoms with E-state index in [4.69, 9.17) is 5.53 Å². The van der Waals surface area contributed by atoms with Crippen molar-refractivity contribution in [3.63, 3.8) is 0 Å². The molecule has 1 heterocycles. The van der Waals surface area contributed by atoms with E-state index in [-0.39, 0.29) is 11.2 Å². The molecule has 0 fully saturated rings. The van der Waals surface area contributed by atoms with Gasteiger partial charge in [0.05, 0.1) is 5.52 Å². The zero-order chi connectivity index (χ0) is 14.8. The molecule has 21 heavy (non-hydrogen) atoms. The molecule has 3 aromatic rings. The minimum atomic E-state index is -0.301. The van der Waals surface area contributed by atoms with Crippen LogP contribution in [-0.4, -0.2) is 4.57 Å². The van der Waals surface area contributed by atoms with E-state index in [2.05, 4.69) is 10.0 Å². The van der Waals surface area contributed by atoms with Gasteiger partial charge in [0.1, 0.15) is 5.69 Å². The van der Waals surface area contributed by atoms with Gasteiger partial charge in [0.15, 0.2) is 0 Å². The van der Waals surface area contributed by atoms with Crippen LogP contribution in [0.15, 0.2) is 64.5 Å². The van der Waals surface area contributed by atoms with Gasteiger partial charge < -0.3 is 4.57 Å². The summed E-state index contributed by atoms with van der Waals surface area (Å²) in [6.45, 7) is 0. The van der Waals surface area contributed by atoms with Gasteiger partial charge in [-0.15, -0.1) is 0 Å². The highest BCUT2D eigenvalue weighted by molar-refractivity contribution is 6.00. The normalized spacial score (nSPS) is 10.3. The van der Waals surface area contributed by atoms with Crippen molar-refractivity contribution in [1.82, 2.24) is 4.57 Å². The second kappa shape index (κ2) is 5.15. The highest BCUT2D eigenvalue weighted by Crippen LogP contribution is 2.34. The lowest BCUT2D eigenvalue weighted by atomic mass is 9.99. The van der Waals surface area contributed by atoms with Gasteiger partial charge in [-0.3, -0.25) is 4.79 Å². The van der Waals surface area contributed by atoms with Crippen LogP contribution >= 0.6 is 0 Å². The fourth-order valence-electron chi connectivity index (χ4n) is 2.51. The van der Waals surface area contributed by atoms with Crippen molar-refractivity contribution in [2.75, 3.05) is 0 Å². The Bertz CT molecular complexity index is 922. The number of rotatable bonds is 2. The molecule has 0 aliphatic carbocycles. The molecular weight excluding hydrogens is 264 g/mol. The summed E-state index contributed by atoms with van der Waals surface area (Å²) in [6.07, 6.45) is 0. The number of aromatic nitrogens is 1. The predicted molar refractivity (Wildman–Crippen MR) is 83.4 cm³/mol. The van der Waals surface area contributed by atoms with Gasteiger partial charge >= 0.3 is 0 Å². The first-order chi connectivity index (χ1) is 10.2. The topological polar surface area (TPSA) is 70.8 Å². The van der Waals surface area contributed by atoms with Gasteiger partial charge in [-0.1, -0.05) is 53.6 Å². The molecule has 0 unspecified atom stereocenters. The maximum Gasteiger partial charge on any atom is 0.261 e. The Morgan fingerprint density at radius 1 is 1.05 bits per heavy atom. The van der Waals surface area contributed by atoms with Crippen LogP contribution < -0.4 is 5.56 Å². The number of hydrogen-bond donors (Lipinski definition) is 0. The number of pyridine rings is 1. The number of benzene rings is 2. The maximum absolute atomic E-state index is 12.5. The lowest BCUT2D eigenvalue weighted by Gasteiger charge is -2.13. The third kappa shape index (κ3) is 2.06. The molecule has 2 aromatic carbocycles. The summed E-state index contributed by atoms with van der Waals surface area (Å²) in [6, 6.07) is 17.1. The standard InChI is InChI=1S/C16H12N4O/c1-20-13-10-6-5-9-12(13)14(11-7-3-2-4-8-11)15(16(20)21)18-19-17/h2-10H,1H3. The maximum atomic E-state index is 12.5. The van der Waals surface area contributed by atoms with Crippen molar-refractivity contribution in [2.45, 2.75) is 0 Å². The van der Waals surface area contributed by atoms with E-state index in [0.29, 0.717) is 5.56 Å². The van der Waals surface area contributed by atoms with E-state index < -0.39 is 0 Å². The molecule has 0 bridgehead atoms. The Hall–Kier alpha value is -3.04. The third-order valence-electron chi connectivity index (χ3n) is 3.49. The zero-order valence-corrected chi connectivity index (χ0v) is 11.4. The van der Waals surface area contributed by atoms with Crippen LogP contribution in [0.1, 0.15) is 0 Å². The van der Waals surface area contributed by atoms with Crippen LogP contribution in [-0.2, 0) is 7.05 Å². The molecule has 0 aliphatic heterocycles. The van der Waals surface area contributed by atoms with Gasteiger partial charge in [-0.2, -0.15) is 0 Å². The number of hydrogen-bond acceptors (Lipinski definition) is 2. The van der Waals surface area contributed by atoms with E-state index in [1.165, 1.54) is 4.57 Å². The Kier molecular flexibility index (Phi) is 3.18. The van der Waals surface area contributed by atoms with Gasteiger partial charge in [0.25, 0.3) is 5.56 Å². The lowest BCUT2D eigenvalue weighted by molar-refractivity contribution is 0.906. The van der Waals surface area contributed by atoms with Crippen LogP contribution in [0.2, 0.25) is 0 Å². The average molecular weight is 276 g/mol. The lowest BCUT2D eigenvalue weighted by Crippen LogP contribution is -2.17. The van der Waals surface area contributed by atoms with Crippen molar-refractivity contribution in [2.24, 2.45) is 12.2 Å². The van der Waals surface area contributed by atoms with Gasteiger partial charge in [0.2, 0.25) is 0 Å². The Morgan fingerprint density at radius 2 is 1.71 bits per heavy atom. The molecule has 0 saturated heterocycles. The number of para-hydroxylation sites is 1. The van der Waals surface area contributed by atoms with Gasteiger partial charge in [0, 0.05) is 22.9 Å². The number of fused-ring (bicyclic) bond motifs is 1. The fourth-order valence-corrected chi connectivity index (χ4v) is 2.51. The first-order valence-corrected chi connectivity index (χ1v) is 6.46. The van der Waals surface area contributed by atoms with E-state index in [1.807, 2.05) is 54.6 Å². The third-order valence-corrected chi connectivity index (χ3v) is 3.49. The monoisotopic (exact) mass is 276 g/mol. The van der Waals surface area contributed by atoms with Crippen LogP contribution in [0.3, 0.4) is 0 Å². The highest BCUT2D eigenvalue weighted by atomic mass is 16.1. The summed E-state index contributed by atoms with van der Waals surface area (Å²) in [5.41, 5.74) is 11.0. The van der Waals surface area contributed by atoms with Crippen molar-refractivity contribution >= 4 is 16.6 Å². The van der Waals surface area contributed by atoms with Crippen molar-refractivity contribution in [3.8, 4) is 11.1 Å². The summed E-state index contributed by atoms with van der Waals surface area (Å²) in [7, 11) is 1.68. The van der Waals surface area contributed by atoms with Crippen LogP contribution in [0, 0.1) is 0 Å². The molecule has 102 valence electrons. The summed E-state index contributed by atoms with van der Waals surface area (Å²) in [5, 5.41) is 4.52. The van der Waals surface area contributed by atoms with E-state index in [0.717, 1.165) is 16.5 Å². The molecule has 5 nitrogen and oxygen atoms in total. The van der Waals surface area contributed by atoms with Gasteiger partial charge in [-0.05, 0) is 17.2 Å². The van der Waals surface area contributed by atoms with Crippen LogP contribution in [0.25, 0.3) is 32.5 Å². The first-order valence-electron chi connectivity index (χ1n) is 6.46. The molecule has 0 spiro atoms. The smallest absolute Gasteiger partial charge is 0.261 e. The fraction of sp³-hybridized carbons (Fsp3) is 0.0625. The summed E-state index contributed by atoms with van der Waals surface area (Å²) < 4.78 is 1.51. The van der Waals surface area contributed by atoms with E-state index in [9.17, 15) is 4.79 Å². The highest BCUT2D eigenvalue weighted by Gasteiger charge is 2.15. The minimum Gasteiger partial charge on any atom is -0.311 e. The molecule has 1 aromatic heterocycles. The van der Waals surface area contributed by atoms with E-state index >= 15 is 0 Å². The molecule has 3 rings (SSSR count). The molecule has 5 heteroatoms. The van der Waals surface area contributed by atoms with Crippen LogP contribution in [0.5, 0.6) is 0 Å². The Labute approximate surface area is 120 Å². The molecule has 0 atom stereocenters. The quantitative estimate of drug-likeness (QED) is 0.394. The Balaban J connectivity index is 2.57. The van der Waals surface area contributed by atoms with Crippen molar-refractivity contribution < 1.29 is 0 Å². The molecular formula is C16H12N4O. The van der Waals surface area contributed by atoms with Gasteiger partial charge in [-0.25, -0.2) is 0 Å². The number of aryl methyl sites for hydroxylation is 1. The number of nitrogens with zero attached hydrogens (tertiary/aromatic N) is 4. The molecule has 0 amide bonds. The molecule has 0 saturated carbocycles. The SMILES string of the molecule is Cn1c(=O)c(N=[N+]=[N-])c(-c2ccccc2)c2ccccc21. The summed E-state index contributed by atoms with van der Waals surface area (Å²) >= 11 is 0. The predicted octanol–water partition coefficient (Wildman–Crippen LogP) is 4.15. The second-order valence-electron chi connectivity index (χ2n) is 4.66. The average Bonchev–Trinajstić information content (AvgIpc) is 2.54. The molecule has 0 N–H and O–H groups in total. The Morgan fingerprint density at radius 3 is 2.43 bits per heavy atom. The minimum absolute atomic E-state index is 0.130. The summed E-state index contributed by atoms with van der Waals surface area (Å²) in [4.78, 5) is 15.3. The first kappa shape index (κ1) is 13.0. The molecule has 0 aliphatic rings.